The van der Waals surface area contributed by atoms with Crippen molar-refractivity contribution in [2.45, 2.75) is 13.8 Å². The molecule has 6 rings (SSSR count). The number of hydrogen-bond acceptors (Lipinski definition) is 1. The van der Waals surface area contributed by atoms with E-state index in [9.17, 15) is 0 Å². The van der Waals surface area contributed by atoms with Crippen molar-refractivity contribution >= 4 is 39.5 Å². The van der Waals surface area contributed by atoms with E-state index in [1.807, 2.05) is 0 Å². The predicted octanol–water partition coefficient (Wildman–Crippen LogP) is 11.1. The van der Waals surface area contributed by atoms with Crippen LogP contribution in [-0.4, -0.2) is 0 Å². The zero-order valence-electron chi connectivity index (χ0n) is 23.5. The molecule has 0 spiro atoms. The molecule has 198 valence electrons. The van der Waals surface area contributed by atoms with Crippen molar-refractivity contribution in [1.29, 1.82) is 0 Å². The highest BCUT2D eigenvalue weighted by atomic mass is 15.1. The largest absolute Gasteiger partial charge is 0.311 e. The number of allylic oxidation sites excluding steroid dienone is 2. The summed E-state index contributed by atoms with van der Waals surface area (Å²) in [4.78, 5) is 2.31. The minimum absolute atomic E-state index is 1.13. The van der Waals surface area contributed by atoms with Gasteiger partial charge in [-0.1, -0.05) is 139 Å². The van der Waals surface area contributed by atoms with E-state index >= 15 is 0 Å². The third-order valence-corrected chi connectivity index (χ3v) is 7.45. The highest BCUT2D eigenvalue weighted by Gasteiger charge is 2.12. The average Bonchev–Trinajstić information content (AvgIpc) is 3.02. The zero-order chi connectivity index (χ0) is 28.0. The van der Waals surface area contributed by atoms with Gasteiger partial charge in [-0.2, -0.15) is 0 Å². The molecule has 1 nitrogen and oxygen atoms in total. The smallest absolute Gasteiger partial charge is 0.0462 e. The van der Waals surface area contributed by atoms with Crippen molar-refractivity contribution in [1.82, 2.24) is 0 Å². The fraction of sp³-hybridized carbons (Fsp3) is 0.0500. The normalized spacial score (nSPS) is 11.7. The Balaban J connectivity index is 1.33. The molecule has 0 saturated heterocycles. The van der Waals surface area contributed by atoms with Gasteiger partial charge >= 0.3 is 0 Å². The summed E-state index contributed by atoms with van der Waals surface area (Å²) in [6.07, 6.45) is 6.58. The summed E-state index contributed by atoms with van der Waals surface area (Å²) in [5.74, 6) is 0. The molecule has 0 aromatic heterocycles. The number of benzene rings is 6. The van der Waals surface area contributed by atoms with Crippen LogP contribution in [0.3, 0.4) is 0 Å². The van der Waals surface area contributed by atoms with Crippen molar-refractivity contribution in [3.05, 3.63) is 186 Å². The molecule has 0 bridgehead atoms. The Morgan fingerprint density at radius 2 is 1.05 bits per heavy atom. The molecule has 0 aliphatic heterocycles. The Morgan fingerprint density at radius 3 is 1.68 bits per heavy atom. The Kier molecular flexibility index (Phi) is 7.60. The molecule has 0 amide bonds. The summed E-state index contributed by atoms with van der Waals surface area (Å²) in [6, 6.07) is 52.0. The van der Waals surface area contributed by atoms with Gasteiger partial charge in [-0.3, -0.25) is 0 Å². The second kappa shape index (κ2) is 11.9. The van der Waals surface area contributed by atoms with Crippen LogP contribution in [0.2, 0.25) is 0 Å². The molecule has 0 atom stereocenters. The molecular formula is C40H33N. The molecule has 1 heteroatoms. The minimum atomic E-state index is 1.13. The molecule has 41 heavy (non-hydrogen) atoms. The topological polar surface area (TPSA) is 3.24 Å². The summed E-state index contributed by atoms with van der Waals surface area (Å²) in [5, 5.41) is 2.51. The minimum Gasteiger partial charge on any atom is -0.311 e. The number of rotatable bonds is 7. The van der Waals surface area contributed by atoms with Crippen molar-refractivity contribution in [3.8, 4) is 0 Å². The summed E-state index contributed by atoms with van der Waals surface area (Å²) < 4.78 is 0. The maximum atomic E-state index is 2.31. The van der Waals surface area contributed by atoms with Gasteiger partial charge in [0.25, 0.3) is 0 Å². The molecule has 0 radical (unpaired) electrons. The van der Waals surface area contributed by atoms with Crippen LogP contribution in [0.25, 0.3) is 22.4 Å². The molecule has 0 aliphatic rings. The first-order chi connectivity index (χ1) is 20.2. The van der Waals surface area contributed by atoms with Gasteiger partial charge in [-0.25, -0.2) is 0 Å². The lowest BCUT2D eigenvalue weighted by molar-refractivity contribution is 1.27. The Labute approximate surface area is 243 Å². The maximum Gasteiger partial charge on any atom is 0.0462 e. The van der Waals surface area contributed by atoms with E-state index in [0.717, 1.165) is 22.6 Å². The molecular weight excluding hydrogens is 494 g/mol. The third kappa shape index (κ3) is 5.90. The van der Waals surface area contributed by atoms with Crippen LogP contribution in [0.4, 0.5) is 17.1 Å². The first kappa shape index (κ1) is 26.1. The van der Waals surface area contributed by atoms with Gasteiger partial charge in [-0.05, 0) is 83.3 Å². The predicted molar refractivity (Wildman–Crippen MR) is 177 cm³/mol. The molecule has 0 fully saturated rings. The molecule has 6 aromatic rings. The van der Waals surface area contributed by atoms with E-state index in [4.69, 9.17) is 0 Å². The van der Waals surface area contributed by atoms with Crippen LogP contribution in [0.1, 0.15) is 27.8 Å². The maximum absolute atomic E-state index is 2.31. The summed E-state index contributed by atoms with van der Waals surface area (Å²) in [7, 11) is 0. The number of hydrogen-bond donors (Lipinski definition) is 0. The van der Waals surface area contributed by atoms with Crippen LogP contribution in [0.5, 0.6) is 0 Å². The van der Waals surface area contributed by atoms with Crippen LogP contribution in [0.15, 0.2) is 158 Å². The van der Waals surface area contributed by atoms with Gasteiger partial charge in [0.05, 0.1) is 0 Å². The second-order valence-electron chi connectivity index (χ2n) is 10.4. The van der Waals surface area contributed by atoms with Crippen molar-refractivity contribution in [3.63, 3.8) is 0 Å². The first-order valence-corrected chi connectivity index (χ1v) is 14.1. The van der Waals surface area contributed by atoms with E-state index in [1.54, 1.807) is 0 Å². The molecule has 0 saturated carbocycles. The Morgan fingerprint density at radius 1 is 0.512 bits per heavy atom. The Bertz CT molecular complexity index is 1760. The second-order valence-corrected chi connectivity index (χ2v) is 10.4. The van der Waals surface area contributed by atoms with Gasteiger partial charge in [0, 0.05) is 17.1 Å². The lowest BCUT2D eigenvalue weighted by Crippen LogP contribution is -2.09. The fourth-order valence-corrected chi connectivity index (χ4v) is 5.24. The highest BCUT2D eigenvalue weighted by Crippen LogP contribution is 2.35. The fourth-order valence-electron chi connectivity index (χ4n) is 5.24. The molecule has 0 heterocycles. The molecule has 6 aromatic carbocycles. The zero-order valence-corrected chi connectivity index (χ0v) is 23.5. The summed E-state index contributed by atoms with van der Waals surface area (Å²) in [5.41, 5.74) is 10.7. The quantitative estimate of drug-likeness (QED) is 0.187. The summed E-state index contributed by atoms with van der Waals surface area (Å²) in [6.45, 7) is 4.25. The highest BCUT2D eigenvalue weighted by molar-refractivity contribution is 5.98. The Hall–Kier alpha value is -5.14. The number of fused-ring (bicyclic) bond motifs is 1. The number of anilines is 3. The lowest BCUT2D eigenvalue weighted by Gasteiger charge is -2.25. The SMILES string of the molecule is Cc1ccc(N(c2ccc(C)cc2)c2ccc(/C=C/C=C(\c3ccccc3)c3cccc4ccccc34)cc2)cc1. The van der Waals surface area contributed by atoms with E-state index in [-0.39, 0.29) is 0 Å². The third-order valence-electron chi connectivity index (χ3n) is 7.45. The van der Waals surface area contributed by atoms with Crippen molar-refractivity contribution in [2.75, 3.05) is 4.90 Å². The van der Waals surface area contributed by atoms with Crippen LogP contribution >= 0.6 is 0 Å². The van der Waals surface area contributed by atoms with Gasteiger partial charge in [-0.15, -0.1) is 0 Å². The number of aryl methyl sites for hydroxylation is 2. The van der Waals surface area contributed by atoms with Gasteiger partial charge in [0.2, 0.25) is 0 Å². The standard InChI is InChI=1S/C40H33N/c1-30-18-24-35(25-19-30)41(36-26-20-31(2)21-27-36)37-28-22-32(23-29-37)10-8-16-39(33-11-4-3-5-12-33)40-17-9-14-34-13-6-7-15-38(34)40/h3-29H,1-2H3/b10-8+,39-16+. The summed E-state index contributed by atoms with van der Waals surface area (Å²) >= 11 is 0. The first-order valence-electron chi connectivity index (χ1n) is 14.1. The van der Waals surface area contributed by atoms with E-state index in [1.165, 1.54) is 38.6 Å². The van der Waals surface area contributed by atoms with Crippen LogP contribution in [-0.2, 0) is 0 Å². The molecule has 0 N–H and O–H groups in total. The van der Waals surface area contributed by atoms with Crippen LogP contribution < -0.4 is 4.90 Å². The van der Waals surface area contributed by atoms with Gasteiger partial charge < -0.3 is 4.90 Å². The molecule has 0 unspecified atom stereocenters. The average molecular weight is 528 g/mol. The van der Waals surface area contributed by atoms with Gasteiger partial charge in [0.1, 0.15) is 0 Å². The van der Waals surface area contributed by atoms with Crippen molar-refractivity contribution in [2.24, 2.45) is 0 Å². The lowest BCUT2D eigenvalue weighted by atomic mass is 9.93. The van der Waals surface area contributed by atoms with Crippen LogP contribution in [0, 0.1) is 13.8 Å². The van der Waals surface area contributed by atoms with E-state index < -0.39 is 0 Å². The van der Waals surface area contributed by atoms with E-state index in [2.05, 4.69) is 183 Å². The monoisotopic (exact) mass is 527 g/mol. The number of nitrogens with zero attached hydrogens (tertiary/aromatic N) is 1. The van der Waals surface area contributed by atoms with E-state index in [0.29, 0.717) is 0 Å². The van der Waals surface area contributed by atoms with Crippen molar-refractivity contribution < 1.29 is 0 Å². The van der Waals surface area contributed by atoms with Gasteiger partial charge in [0.15, 0.2) is 0 Å². The molecule has 0 aliphatic carbocycles.